The molecule has 8 nitrogen and oxygen atoms in total. The number of carbonyl (C=O) groups excluding carboxylic acids is 2. The van der Waals surface area contributed by atoms with E-state index in [1.54, 1.807) is 39.1 Å². The van der Waals surface area contributed by atoms with Crippen LogP contribution >= 0.6 is 0 Å². The van der Waals surface area contributed by atoms with Crippen molar-refractivity contribution in [3.8, 4) is 0 Å². The number of nitrogens with one attached hydrogen (secondary N) is 1. The lowest BCUT2D eigenvalue weighted by molar-refractivity contribution is -0.167. The summed E-state index contributed by atoms with van der Waals surface area (Å²) in [6.07, 6.45) is 3.08. The van der Waals surface area contributed by atoms with Crippen molar-refractivity contribution in [1.82, 2.24) is 15.0 Å². The molecule has 0 saturated carbocycles. The molecule has 134 valence electrons. The molecule has 2 heterocycles. The summed E-state index contributed by atoms with van der Waals surface area (Å²) in [5, 5.41) is 15.4. The van der Waals surface area contributed by atoms with Crippen LogP contribution in [0.25, 0.3) is 0 Å². The van der Waals surface area contributed by atoms with E-state index in [4.69, 9.17) is 0 Å². The lowest BCUT2D eigenvalue weighted by atomic mass is 9.96. The number of rotatable bonds is 6. The highest BCUT2D eigenvalue weighted by Gasteiger charge is 2.46. The zero-order valence-electron chi connectivity index (χ0n) is 14.7. The highest BCUT2D eigenvalue weighted by atomic mass is 16.4. The fraction of sp³-hybridized carbons (Fsp3) is 0.412. The van der Waals surface area contributed by atoms with E-state index in [0.29, 0.717) is 5.69 Å². The molecule has 8 heteroatoms. The van der Waals surface area contributed by atoms with Crippen LogP contribution < -0.4 is 5.32 Å². The maximum atomic E-state index is 13.0. The Kier molecular flexibility index (Phi) is 5.53. The summed E-state index contributed by atoms with van der Waals surface area (Å²) in [6, 6.07) is 1.84. The molecule has 25 heavy (non-hydrogen) atoms. The number of carboxylic acid groups (broad SMARTS) is 1. The number of nitrogens with zero attached hydrogens (tertiary/aromatic N) is 3. The van der Waals surface area contributed by atoms with Gasteiger partial charge >= 0.3 is 5.97 Å². The van der Waals surface area contributed by atoms with Gasteiger partial charge in [0.05, 0.1) is 17.5 Å². The third kappa shape index (κ3) is 3.53. The van der Waals surface area contributed by atoms with Crippen molar-refractivity contribution in [3.63, 3.8) is 0 Å². The summed E-state index contributed by atoms with van der Waals surface area (Å²) in [4.78, 5) is 41.1. The van der Waals surface area contributed by atoms with Crippen molar-refractivity contribution >= 4 is 23.3 Å². The fourth-order valence-corrected chi connectivity index (χ4v) is 2.95. The standard InChI is InChI=1S/C17H22N4O4/c1-5-20-16(23)14(19-12-7-6-8-18-9-12)13(11(4)22)15(17(24)25)21(20)10(2)3/h6-10,15,19H,5H2,1-4H3,(H,24,25). The molecular formula is C17H22N4O4. The Morgan fingerprint density at radius 3 is 2.52 bits per heavy atom. The van der Waals surface area contributed by atoms with Crippen molar-refractivity contribution in [3.05, 3.63) is 35.8 Å². The van der Waals surface area contributed by atoms with E-state index in [1.807, 2.05) is 0 Å². The van der Waals surface area contributed by atoms with Crippen molar-refractivity contribution < 1.29 is 19.5 Å². The molecule has 1 amide bonds. The Morgan fingerprint density at radius 2 is 2.08 bits per heavy atom. The Morgan fingerprint density at radius 1 is 1.40 bits per heavy atom. The van der Waals surface area contributed by atoms with E-state index in [2.05, 4.69) is 10.3 Å². The van der Waals surface area contributed by atoms with Gasteiger partial charge in [0.25, 0.3) is 5.91 Å². The number of aliphatic carboxylic acids is 1. The number of amides is 1. The minimum absolute atomic E-state index is 0.0216. The number of ketones is 1. The Balaban J connectivity index is 2.66. The zero-order valence-corrected chi connectivity index (χ0v) is 14.7. The number of carbonyl (C=O) groups is 3. The van der Waals surface area contributed by atoms with Crippen LogP contribution in [-0.2, 0) is 14.4 Å². The van der Waals surface area contributed by atoms with Crippen LogP contribution in [0.3, 0.4) is 0 Å². The molecule has 1 atom stereocenters. The number of anilines is 1. The molecule has 0 aromatic carbocycles. The molecule has 1 unspecified atom stereocenters. The second kappa shape index (κ2) is 7.43. The molecule has 1 aliphatic heterocycles. The number of Topliss-reactive ketones (excluding diaryl/α,β-unsaturated/α-hetero) is 1. The first-order valence-corrected chi connectivity index (χ1v) is 8.04. The zero-order chi connectivity index (χ0) is 18.7. The van der Waals surface area contributed by atoms with Gasteiger partial charge in [0.15, 0.2) is 11.8 Å². The van der Waals surface area contributed by atoms with Gasteiger partial charge in [-0.15, -0.1) is 0 Å². The Hall–Kier alpha value is -2.74. The van der Waals surface area contributed by atoms with Crippen LogP contribution in [0.1, 0.15) is 27.7 Å². The minimum Gasteiger partial charge on any atom is -0.480 e. The van der Waals surface area contributed by atoms with Crippen molar-refractivity contribution in [2.24, 2.45) is 0 Å². The maximum absolute atomic E-state index is 13.0. The first-order chi connectivity index (χ1) is 11.8. The normalized spacial score (nSPS) is 18.7. The van der Waals surface area contributed by atoms with Gasteiger partial charge in [-0.2, -0.15) is 5.01 Å². The van der Waals surface area contributed by atoms with Gasteiger partial charge in [0.2, 0.25) is 0 Å². The first kappa shape index (κ1) is 18.6. The summed E-state index contributed by atoms with van der Waals surface area (Å²) in [5.74, 6) is -2.09. The molecule has 1 aliphatic rings. The van der Waals surface area contributed by atoms with E-state index in [1.165, 1.54) is 23.1 Å². The molecule has 1 aromatic rings. The van der Waals surface area contributed by atoms with Gasteiger partial charge < -0.3 is 10.4 Å². The second-order valence-electron chi connectivity index (χ2n) is 5.95. The van der Waals surface area contributed by atoms with Crippen LogP contribution in [0.5, 0.6) is 0 Å². The monoisotopic (exact) mass is 346 g/mol. The molecule has 0 bridgehead atoms. The van der Waals surface area contributed by atoms with Gasteiger partial charge in [-0.05, 0) is 39.8 Å². The van der Waals surface area contributed by atoms with Gasteiger partial charge in [-0.3, -0.25) is 24.4 Å². The van der Waals surface area contributed by atoms with Crippen molar-refractivity contribution in [2.45, 2.75) is 39.8 Å². The predicted molar refractivity (Wildman–Crippen MR) is 91.4 cm³/mol. The lowest BCUT2D eigenvalue weighted by Crippen LogP contribution is -2.62. The molecule has 0 aliphatic carbocycles. The predicted octanol–water partition coefficient (Wildman–Crippen LogP) is 1.28. The van der Waals surface area contributed by atoms with Crippen molar-refractivity contribution in [2.75, 3.05) is 11.9 Å². The molecule has 2 N–H and O–H groups in total. The topological polar surface area (TPSA) is 103 Å². The molecule has 2 rings (SSSR count). The summed E-state index contributed by atoms with van der Waals surface area (Å²) < 4.78 is 0. The highest BCUT2D eigenvalue weighted by Crippen LogP contribution is 2.29. The summed E-state index contributed by atoms with van der Waals surface area (Å²) in [7, 11) is 0. The van der Waals surface area contributed by atoms with Gasteiger partial charge in [-0.1, -0.05) is 0 Å². The van der Waals surface area contributed by atoms with Crippen LogP contribution in [0.15, 0.2) is 35.8 Å². The fourth-order valence-electron chi connectivity index (χ4n) is 2.95. The lowest BCUT2D eigenvalue weighted by Gasteiger charge is -2.45. The smallest absolute Gasteiger partial charge is 0.327 e. The average Bonchev–Trinajstić information content (AvgIpc) is 2.55. The number of hydrogen-bond donors (Lipinski definition) is 2. The van der Waals surface area contributed by atoms with E-state index >= 15 is 0 Å². The number of likely N-dealkylation sites (N-methyl/N-ethyl adjacent to an activating group) is 1. The van der Waals surface area contributed by atoms with E-state index in [0.717, 1.165) is 0 Å². The molecular weight excluding hydrogens is 324 g/mol. The number of aromatic nitrogens is 1. The molecule has 0 radical (unpaired) electrons. The summed E-state index contributed by atoms with van der Waals surface area (Å²) in [5.41, 5.74) is 0.425. The first-order valence-electron chi connectivity index (χ1n) is 8.04. The quantitative estimate of drug-likeness (QED) is 0.800. The van der Waals surface area contributed by atoms with Crippen molar-refractivity contribution in [1.29, 1.82) is 0 Å². The van der Waals surface area contributed by atoms with E-state index in [9.17, 15) is 19.5 Å². The van der Waals surface area contributed by atoms with Crippen LogP contribution in [0, 0.1) is 0 Å². The third-order valence-electron chi connectivity index (χ3n) is 3.91. The molecule has 0 fully saturated rings. The second-order valence-corrected chi connectivity index (χ2v) is 5.95. The van der Waals surface area contributed by atoms with Gasteiger partial charge in [-0.25, -0.2) is 0 Å². The van der Waals surface area contributed by atoms with E-state index in [-0.39, 0.29) is 23.9 Å². The number of hydrogen-bond acceptors (Lipinski definition) is 6. The van der Waals surface area contributed by atoms with Crippen LogP contribution in [0.4, 0.5) is 5.69 Å². The Labute approximate surface area is 146 Å². The van der Waals surface area contributed by atoms with Gasteiger partial charge in [0, 0.05) is 18.8 Å². The average molecular weight is 346 g/mol. The van der Waals surface area contributed by atoms with E-state index < -0.39 is 23.7 Å². The number of hydrazine groups is 1. The van der Waals surface area contributed by atoms with Gasteiger partial charge in [0.1, 0.15) is 5.70 Å². The minimum atomic E-state index is -1.24. The van der Waals surface area contributed by atoms with Crippen LogP contribution in [0.2, 0.25) is 0 Å². The third-order valence-corrected chi connectivity index (χ3v) is 3.91. The Bertz CT molecular complexity index is 715. The molecule has 0 saturated heterocycles. The number of carboxylic acids is 1. The molecule has 0 spiro atoms. The van der Waals surface area contributed by atoms with Crippen LogP contribution in [-0.4, -0.2) is 56.4 Å². The largest absolute Gasteiger partial charge is 0.480 e. The number of pyridine rings is 1. The highest BCUT2D eigenvalue weighted by molar-refractivity contribution is 6.11. The maximum Gasteiger partial charge on any atom is 0.327 e. The summed E-state index contributed by atoms with van der Waals surface area (Å²) >= 11 is 0. The molecule has 1 aromatic heterocycles. The summed E-state index contributed by atoms with van der Waals surface area (Å²) in [6.45, 7) is 6.87. The SMILES string of the molecule is CCN1C(=O)C(Nc2cccnc2)=C(C(C)=O)C(C(=O)O)N1C(C)C.